The fourth-order valence-corrected chi connectivity index (χ4v) is 4.56. The van der Waals surface area contributed by atoms with Gasteiger partial charge in [-0.05, 0) is 66.3 Å². The first-order valence-corrected chi connectivity index (χ1v) is 11.4. The molecule has 2 atom stereocenters. The molecule has 4 heterocycles. The summed E-state index contributed by atoms with van der Waals surface area (Å²) < 4.78 is 6.22. The van der Waals surface area contributed by atoms with Crippen LogP contribution in [-0.2, 0) is 6.54 Å². The molecule has 3 N–H and O–H groups in total. The van der Waals surface area contributed by atoms with E-state index in [2.05, 4.69) is 15.3 Å². The van der Waals surface area contributed by atoms with Crippen LogP contribution in [0, 0.1) is 0 Å². The van der Waals surface area contributed by atoms with E-state index in [1.807, 2.05) is 35.2 Å². The fraction of sp³-hybridized carbons (Fsp3) is 0.115. The average Bonchev–Trinajstić information content (AvgIpc) is 3.50. The number of hydrogen-bond acceptors (Lipinski definition) is 6. The van der Waals surface area contributed by atoms with Crippen LogP contribution in [0.3, 0.4) is 0 Å². The zero-order valence-electron chi connectivity index (χ0n) is 18.7. The Morgan fingerprint density at radius 1 is 1.00 bits per heavy atom. The molecule has 0 radical (unpaired) electrons. The van der Waals surface area contributed by atoms with Gasteiger partial charge in [-0.25, -0.2) is 9.59 Å². The first-order valence-electron chi connectivity index (χ1n) is 11.0. The number of carboxylic acid groups (broad SMARTS) is 2. The van der Waals surface area contributed by atoms with Gasteiger partial charge in [0.05, 0.1) is 22.9 Å². The summed E-state index contributed by atoms with van der Waals surface area (Å²) in [4.78, 5) is 33.8. The Kier molecular flexibility index (Phi) is 6.17. The van der Waals surface area contributed by atoms with Crippen molar-refractivity contribution in [1.29, 1.82) is 0 Å². The van der Waals surface area contributed by atoms with Crippen LogP contribution in [0.4, 0.5) is 0 Å². The quantitative estimate of drug-likeness (QED) is 0.316. The van der Waals surface area contributed by atoms with Crippen LogP contribution in [0.15, 0.2) is 83.7 Å². The van der Waals surface area contributed by atoms with E-state index in [1.54, 1.807) is 30.7 Å². The van der Waals surface area contributed by atoms with Crippen molar-refractivity contribution in [2.45, 2.75) is 18.6 Å². The van der Waals surface area contributed by atoms with Gasteiger partial charge in [0, 0.05) is 30.7 Å². The summed E-state index contributed by atoms with van der Waals surface area (Å²) in [5.74, 6) is -1.55. The molecule has 36 heavy (non-hydrogen) atoms. The molecule has 1 fully saturated rings. The summed E-state index contributed by atoms with van der Waals surface area (Å²) in [6.45, 7) is 0.474. The van der Waals surface area contributed by atoms with Gasteiger partial charge >= 0.3 is 11.9 Å². The maximum atomic E-state index is 11.6. The zero-order chi connectivity index (χ0) is 25.2. The number of rotatable bonds is 7. The molecule has 9 nitrogen and oxygen atoms in total. The average molecular weight is 501 g/mol. The smallest absolute Gasteiger partial charge is 0.335 e. The third kappa shape index (κ3) is 4.53. The van der Waals surface area contributed by atoms with E-state index < -0.39 is 11.9 Å². The molecule has 10 heteroatoms. The topological polar surface area (TPSA) is 129 Å². The largest absolute Gasteiger partial charge is 0.478 e. The summed E-state index contributed by atoms with van der Waals surface area (Å²) in [7, 11) is 0. The van der Waals surface area contributed by atoms with Crippen LogP contribution < -0.4 is 5.32 Å². The van der Waals surface area contributed by atoms with Crippen LogP contribution in [0.5, 0.6) is 0 Å². The molecular formula is C26H20N4O5S. The summed E-state index contributed by atoms with van der Waals surface area (Å²) in [6.07, 6.45) is 5.18. The molecule has 5 rings (SSSR count). The van der Waals surface area contributed by atoms with Crippen molar-refractivity contribution in [3.8, 4) is 11.3 Å². The molecule has 0 amide bonds. The van der Waals surface area contributed by atoms with Gasteiger partial charge in [0.2, 0.25) is 0 Å². The van der Waals surface area contributed by atoms with E-state index in [9.17, 15) is 19.8 Å². The van der Waals surface area contributed by atoms with Gasteiger partial charge in [0.1, 0.15) is 17.6 Å². The number of aromatic nitrogens is 2. The predicted octanol–water partition coefficient (Wildman–Crippen LogP) is 4.31. The Morgan fingerprint density at radius 2 is 1.78 bits per heavy atom. The highest BCUT2D eigenvalue weighted by Gasteiger charge is 2.41. The summed E-state index contributed by atoms with van der Waals surface area (Å²) >= 11 is 5.68. The van der Waals surface area contributed by atoms with Crippen molar-refractivity contribution in [3.05, 3.63) is 107 Å². The SMILES string of the molecule is O=C(O)c1cc(C(=O)O)cc(-c2ccc([C@H]3[C@H](c4ccccn4)NC(=S)N3Cc3cccnc3)o2)c1. The highest BCUT2D eigenvalue weighted by atomic mass is 32.1. The molecule has 0 bridgehead atoms. The number of thiocarbonyl (C=S) groups is 1. The van der Waals surface area contributed by atoms with Crippen molar-refractivity contribution in [2.75, 3.05) is 0 Å². The van der Waals surface area contributed by atoms with Gasteiger partial charge in [0.15, 0.2) is 5.11 Å². The monoisotopic (exact) mass is 500 g/mol. The zero-order valence-corrected chi connectivity index (χ0v) is 19.6. The molecule has 4 aromatic rings. The molecule has 1 saturated heterocycles. The van der Waals surface area contributed by atoms with Gasteiger partial charge in [-0.3, -0.25) is 9.97 Å². The molecular weight excluding hydrogens is 480 g/mol. The maximum Gasteiger partial charge on any atom is 0.335 e. The van der Waals surface area contributed by atoms with Gasteiger partial charge in [-0.1, -0.05) is 12.1 Å². The molecule has 1 aromatic carbocycles. The van der Waals surface area contributed by atoms with Gasteiger partial charge in [0.25, 0.3) is 0 Å². The second-order valence-electron chi connectivity index (χ2n) is 8.23. The van der Waals surface area contributed by atoms with Crippen LogP contribution in [0.2, 0.25) is 0 Å². The number of carboxylic acids is 2. The predicted molar refractivity (Wildman–Crippen MR) is 133 cm³/mol. The van der Waals surface area contributed by atoms with E-state index in [0.717, 1.165) is 17.3 Å². The van der Waals surface area contributed by atoms with E-state index in [-0.39, 0.29) is 23.2 Å². The number of furan rings is 1. The van der Waals surface area contributed by atoms with Crippen LogP contribution in [0.1, 0.15) is 49.8 Å². The minimum atomic E-state index is -1.23. The summed E-state index contributed by atoms with van der Waals surface area (Å²) in [5, 5.41) is 22.8. The Hall–Kier alpha value is -4.57. The standard InChI is InChI=1S/C26H20N4O5S/c31-24(32)17-10-16(11-18(12-17)25(33)34)20-6-7-21(35-20)23-22(19-5-1-2-9-28-19)29-26(36)30(23)14-15-4-3-8-27-13-15/h1-13,22-23H,14H2,(H,29,36)(H,31,32)(H,33,34)/t22-,23-/m0/s1. The molecule has 180 valence electrons. The first-order chi connectivity index (χ1) is 17.4. The molecule has 1 aliphatic heterocycles. The van der Waals surface area contributed by atoms with Gasteiger partial charge in [-0.2, -0.15) is 0 Å². The van der Waals surface area contributed by atoms with Crippen molar-refractivity contribution >= 4 is 29.3 Å². The van der Waals surface area contributed by atoms with Crippen molar-refractivity contribution < 1.29 is 24.2 Å². The Balaban J connectivity index is 1.56. The molecule has 0 saturated carbocycles. The van der Waals surface area contributed by atoms with Gasteiger partial charge < -0.3 is 24.8 Å². The lowest BCUT2D eigenvalue weighted by atomic mass is 10.0. The van der Waals surface area contributed by atoms with E-state index in [1.165, 1.54) is 12.1 Å². The lowest BCUT2D eigenvalue weighted by Gasteiger charge is -2.26. The highest BCUT2D eigenvalue weighted by Crippen LogP contribution is 2.41. The summed E-state index contributed by atoms with van der Waals surface area (Å²) in [6, 6.07) is 16.1. The third-order valence-electron chi connectivity index (χ3n) is 5.90. The number of hydrogen-bond donors (Lipinski definition) is 3. The molecule has 0 spiro atoms. The normalized spacial score (nSPS) is 17.1. The molecule has 0 unspecified atom stereocenters. The number of benzene rings is 1. The molecule has 3 aromatic heterocycles. The minimum Gasteiger partial charge on any atom is -0.478 e. The number of carbonyl (C=O) groups is 2. The maximum absolute atomic E-state index is 11.6. The second-order valence-corrected chi connectivity index (χ2v) is 8.61. The molecule has 1 aliphatic rings. The van der Waals surface area contributed by atoms with Crippen LogP contribution in [0.25, 0.3) is 11.3 Å². The van der Waals surface area contributed by atoms with Crippen molar-refractivity contribution in [3.63, 3.8) is 0 Å². The number of pyridine rings is 2. The fourth-order valence-electron chi connectivity index (χ4n) is 4.26. The van der Waals surface area contributed by atoms with Crippen LogP contribution >= 0.6 is 12.2 Å². The van der Waals surface area contributed by atoms with E-state index in [4.69, 9.17) is 16.6 Å². The lowest BCUT2D eigenvalue weighted by Crippen LogP contribution is -2.29. The minimum absolute atomic E-state index is 0.142. The molecule has 0 aliphatic carbocycles. The van der Waals surface area contributed by atoms with E-state index in [0.29, 0.717) is 28.7 Å². The highest BCUT2D eigenvalue weighted by molar-refractivity contribution is 7.80. The summed E-state index contributed by atoms with van der Waals surface area (Å²) in [5.41, 5.74) is 1.80. The lowest BCUT2D eigenvalue weighted by molar-refractivity contribution is 0.0696. The van der Waals surface area contributed by atoms with Crippen molar-refractivity contribution in [1.82, 2.24) is 20.2 Å². The first kappa shape index (κ1) is 23.2. The van der Waals surface area contributed by atoms with Crippen molar-refractivity contribution in [2.24, 2.45) is 0 Å². The number of nitrogens with zero attached hydrogens (tertiary/aromatic N) is 3. The van der Waals surface area contributed by atoms with Gasteiger partial charge in [-0.15, -0.1) is 0 Å². The number of nitrogens with one attached hydrogen (secondary N) is 1. The van der Waals surface area contributed by atoms with Crippen LogP contribution in [-0.4, -0.2) is 42.1 Å². The number of aromatic carboxylic acids is 2. The van der Waals surface area contributed by atoms with E-state index >= 15 is 0 Å². The second kappa shape index (κ2) is 9.59. The Morgan fingerprint density at radius 3 is 2.42 bits per heavy atom. The third-order valence-corrected chi connectivity index (χ3v) is 6.26. The Labute approximate surface area is 211 Å². The Bertz CT molecular complexity index is 1410.